The molecule has 0 heterocycles. The van der Waals surface area contributed by atoms with E-state index in [2.05, 4.69) is 271 Å². The van der Waals surface area contributed by atoms with Crippen molar-refractivity contribution >= 4 is 271 Å². The summed E-state index contributed by atoms with van der Waals surface area (Å²) in [6.45, 7) is -0.303. The lowest BCUT2D eigenvalue weighted by Gasteiger charge is -2.57. The smallest absolute Gasteiger partial charge is 0.162 e. The minimum absolute atomic E-state index is 0.262. The van der Waals surface area contributed by atoms with Gasteiger partial charge in [0.15, 0.2) is 2.14 Å². The van der Waals surface area contributed by atoms with Gasteiger partial charge in [0, 0.05) is 6.42 Å². The minimum atomic E-state index is -1.04. The predicted octanol–water partition coefficient (Wildman–Crippen LogP) is 13.0. The maximum atomic E-state index is 11.3. The Morgan fingerprint density at radius 1 is 0.393 bits per heavy atom. The molecule has 0 aromatic rings. The third kappa shape index (κ3) is 6.63. The van der Waals surface area contributed by atoms with Gasteiger partial charge >= 0.3 is 0 Å². The van der Waals surface area contributed by atoms with Gasteiger partial charge in [-0.3, -0.25) is 0 Å². The lowest BCUT2D eigenvalue weighted by atomic mass is 10.1. The molecule has 169 valence electrons. The van der Waals surface area contributed by atoms with Gasteiger partial charge in [-0.25, -0.2) is 5.11 Å². The van der Waals surface area contributed by atoms with Crippen LogP contribution < -0.4 is 0 Å². The molecule has 0 aliphatic heterocycles. The zero-order valence-corrected chi connectivity index (χ0v) is 39.2. The van der Waals surface area contributed by atoms with Gasteiger partial charge in [0.05, 0.1) is 6.61 Å². The van der Waals surface area contributed by atoms with Gasteiger partial charge in [0.1, 0.15) is 22.6 Å². The van der Waals surface area contributed by atoms with Crippen LogP contribution in [0, 0.1) is 0 Å². The molecule has 0 amide bonds. The van der Waals surface area contributed by atoms with Crippen LogP contribution in [-0.2, 0) is 5.11 Å². The molecule has 0 saturated heterocycles. The average Bonchev–Trinajstić information content (AvgIpc) is 2.44. The van der Waals surface area contributed by atoms with Crippen LogP contribution in [0.1, 0.15) is 6.42 Å². The van der Waals surface area contributed by atoms with Gasteiger partial charge < -0.3 is 0 Å². The van der Waals surface area contributed by atoms with Crippen molar-refractivity contribution < 1.29 is 5.11 Å². The molecule has 0 fully saturated rings. The molecule has 0 aromatic carbocycles. The van der Waals surface area contributed by atoms with E-state index in [0.717, 1.165) is 0 Å². The second-order valence-electron chi connectivity index (χ2n) is 5.10. The molecule has 1 radical (unpaired) electrons. The van der Waals surface area contributed by atoms with Gasteiger partial charge in [-0.05, 0) is 0 Å². The fourth-order valence-corrected chi connectivity index (χ4v) is 16.6. The quantitative estimate of drug-likeness (QED) is 0.216. The zero-order valence-electron chi connectivity index (χ0n) is 12.2. The summed E-state index contributed by atoms with van der Waals surface area (Å²) in [5, 5.41) is 11.3. The highest BCUT2D eigenvalue weighted by atomic mass is 80.0. The normalized spacial score (nSPS) is 16.5. The maximum absolute atomic E-state index is 11.3. The largest absolute Gasteiger partial charge is 0.237 e. The molecule has 1 nitrogen and oxygen atoms in total. The van der Waals surface area contributed by atoms with E-state index in [4.69, 9.17) is 0 Å². The Kier molecular flexibility index (Phi) is 15.6. The number of hydrogen-bond acceptors (Lipinski definition) is 0. The Bertz CT molecular complexity index is 559. The van der Waals surface area contributed by atoms with Crippen molar-refractivity contribution in [2.75, 3.05) is 6.61 Å². The first-order valence-electron chi connectivity index (χ1n) is 6.10. The van der Waals surface area contributed by atoms with Crippen molar-refractivity contribution in [1.29, 1.82) is 0 Å². The topological polar surface area (TPSA) is 19.9 Å². The van der Waals surface area contributed by atoms with Gasteiger partial charge in [-0.15, -0.1) is 0 Å². The molecule has 0 saturated carbocycles. The van der Waals surface area contributed by atoms with Gasteiger partial charge in [-0.2, -0.15) is 0 Å². The average molecular weight is 1500 g/mol. The summed E-state index contributed by atoms with van der Waals surface area (Å²) >= 11 is 63.0. The van der Waals surface area contributed by atoms with Gasteiger partial charge in [0.2, 0.25) is 0 Å². The molecular weight excluding hydrogens is 1490 g/mol. The highest BCUT2D eigenvalue weighted by Gasteiger charge is 2.77. The second-order valence-corrected chi connectivity index (χ2v) is 36.3. The van der Waals surface area contributed by atoms with E-state index >= 15 is 0 Å². The van der Waals surface area contributed by atoms with Gasteiger partial charge in [-0.1, -0.05) is 271 Å². The van der Waals surface area contributed by atoms with Crippen LogP contribution >= 0.6 is 271 Å². The molecule has 0 aliphatic carbocycles. The van der Waals surface area contributed by atoms with Crippen molar-refractivity contribution in [2.24, 2.45) is 0 Å². The molecule has 0 spiro atoms. The summed E-state index contributed by atoms with van der Waals surface area (Å²) in [6, 6.07) is 0. The molecular formula is C10H4Br17O. The van der Waals surface area contributed by atoms with E-state index in [1.54, 1.807) is 0 Å². The fraction of sp³-hybridized carbons (Fsp3) is 1.00. The molecule has 0 atom stereocenters. The lowest BCUT2D eigenvalue weighted by molar-refractivity contribution is 0.186. The van der Waals surface area contributed by atoms with Crippen molar-refractivity contribution in [3.05, 3.63) is 0 Å². The first kappa shape index (κ1) is 36.1. The monoisotopic (exact) mass is 1480 g/mol. The Labute approximate surface area is 307 Å². The highest BCUT2D eigenvalue weighted by molar-refractivity contribution is 9.42. The standard InChI is InChI=1S/C10H4Br17O/c11-3(12,1-2-28)4(13,14)5(15,16)6(17,18)7(19,20)8(21,22)9(23,24)10(25,26)27/h1-2H2. The second kappa shape index (κ2) is 12.1. The van der Waals surface area contributed by atoms with Crippen LogP contribution in [0.25, 0.3) is 0 Å². The van der Waals surface area contributed by atoms with E-state index in [9.17, 15) is 5.11 Å². The van der Waals surface area contributed by atoms with Crippen LogP contribution in [0.5, 0.6) is 0 Å². The van der Waals surface area contributed by atoms with E-state index in [0.29, 0.717) is 0 Å². The minimum Gasteiger partial charge on any atom is -0.237 e. The zero-order chi connectivity index (χ0) is 23.4. The number of halogens is 17. The molecule has 28 heavy (non-hydrogen) atoms. The Balaban J connectivity index is 6.63. The van der Waals surface area contributed by atoms with Crippen LogP contribution in [0.3, 0.4) is 0 Å². The van der Waals surface area contributed by atoms with E-state index in [1.807, 2.05) is 0 Å². The summed E-state index contributed by atoms with van der Waals surface area (Å²) < 4.78 is -7.56. The maximum Gasteiger partial charge on any atom is 0.162 e. The van der Waals surface area contributed by atoms with Crippen molar-refractivity contribution in [3.8, 4) is 0 Å². The fourth-order valence-electron chi connectivity index (χ4n) is 1.48. The summed E-state index contributed by atoms with van der Waals surface area (Å²) in [5.41, 5.74) is 0. The Morgan fingerprint density at radius 3 is 0.893 bits per heavy atom. The third-order valence-electron chi connectivity index (χ3n) is 3.20. The predicted molar refractivity (Wildman–Crippen MR) is 184 cm³/mol. The first-order chi connectivity index (χ1) is 11.8. The first-order valence-corrected chi connectivity index (χ1v) is 19.6. The van der Waals surface area contributed by atoms with Crippen LogP contribution in [0.2, 0.25) is 0 Å². The SMILES string of the molecule is [O]CCC(Br)(Br)C(Br)(Br)C(Br)(Br)C(Br)(Br)C(Br)(Br)C(Br)(Br)C(Br)(Br)C(Br)(Br)Br. The van der Waals surface area contributed by atoms with Crippen molar-refractivity contribution in [3.63, 3.8) is 0 Å². The van der Waals surface area contributed by atoms with E-state index < -0.39 is 24.8 Å². The summed E-state index contributed by atoms with van der Waals surface area (Å²) in [7, 11) is 0. The number of alkyl halides is 17. The van der Waals surface area contributed by atoms with Crippen molar-refractivity contribution in [2.45, 2.75) is 31.2 Å². The van der Waals surface area contributed by atoms with Gasteiger partial charge in [0.25, 0.3) is 0 Å². The molecule has 0 unspecified atom stereocenters. The van der Waals surface area contributed by atoms with E-state index in [1.165, 1.54) is 0 Å². The Morgan fingerprint density at radius 2 is 0.643 bits per heavy atom. The van der Waals surface area contributed by atoms with Crippen LogP contribution in [0.15, 0.2) is 0 Å². The molecule has 0 aromatic heterocycles. The molecule has 0 N–H and O–H groups in total. The highest BCUT2D eigenvalue weighted by Crippen LogP contribution is 2.78. The van der Waals surface area contributed by atoms with E-state index in [-0.39, 0.29) is 13.0 Å². The Hall–Kier alpha value is 8.12. The molecule has 0 bridgehead atoms. The molecule has 18 heteroatoms. The summed E-state index contributed by atoms with van der Waals surface area (Å²) in [5.74, 6) is 0. The summed E-state index contributed by atoms with van der Waals surface area (Å²) in [4.78, 5) is 0. The molecule has 0 rings (SSSR count). The third-order valence-corrected chi connectivity index (χ3v) is 37.4. The summed E-state index contributed by atoms with van der Waals surface area (Å²) in [6.07, 6.45) is 0.262. The van der Waals surface area contributed by atoms with Crippen LogP contribution in [0.4, 0.5) is 0 Å². The molecule has 0 aliphatic rings. The number of hydrogen-bond donors (Lipinski definition) is 0. The number of rotatable bonds is 8. The lowest BCUT2D eigenvalue weighted by Crippen LogP contribution is -2.67. The van der Waals surface area contributed by atoms with Crippen LogP contribution in [-0.4, -0.2) is 31.4 Å². The van der Waals surface area contributed by atoms with Crippen molar-refractivity contribution in [1.82, 2.24) is 0 Å².